The molecular weight excluding hydrogens is 302 g/mol. The van der Waals surface area contributed by atoms with E-state index in [0.717, 1.165) is 0 Å². The summed E-state index contributed by atoms with van der Waals surface area (Å²) < 4.78 is 48.2. The van der Waals surface area contributed by atoms with Crippen LogP contribution in [0.5, 0.6) is 0 Å². The number of fused-ring (bicyclic) bond motifs is 1. The van der Waals surface area contributed by atoms with Gasteiger partial charge in [0.2, 0.25) is 10.0 Å². The van der Waals surface area contributed by atoms with Crippen LogP contribution in [0, 0.1) is 0 Å². The summed E-state index contributed by atoms with van der Waals surface area (Å²) in [7, 11) is -3.62. The van der Waals surface area contributed by atoms with E-state index in [0.29, 0.717) is 16.7 Å². The summed E-state index contributed by atoms with van der Waals surface area (Å²) >= 11 is 0. The molecule has 0 bridgehead atoms. The predicted molar refractivity (Wildman–Crippen MR) is 73.6 cm³/mol. The highest BCUT2D eigenvalue weighted by Crippen LogP contribution is 2.30. The third-order valence-electron chi connectivity index (χ3n) is 3.41. The molecule has 0 amide bonds. The van der Waals surface area contributed by atoms with Gasteiger partial charge in [-0.1, -0.05) is 12.1 Å². The Hall–Kier alpha value is -1.87. The lowest BCUT2D eigenvalue weighted by Gasteiger charge is -2.39. The van der Waals surface area contributed by atoms with Crippen molar-refractivity contribution in [3.63, 3.8) is 0 Å². The standard InChI is InChI=1S/C12H12F2N4O2S/c13-10(14)11-16-9-4-2-1-3-8(9)12(17-11)18-5-7(6-18)21(15,19)20/h1-4,7,10H,5-6H2,(H2,15,19,20). The molecule has 0 radical (unpaired) electrons. The SMILES string of the molecule is NS(=O)(=O)C1CN(c2nc(C(F)F)nc3ccccc23)C1. The monoisotopic (exact) mass is 314 g/mol. The molecule has 2 heterocycles. The highest BCUT2D eigenvalue weighted by atomic mass is 32.2. The maximum absolute atomic E-state index is 12.9. The number of nitrogens with zero attached hydrogens (tertiary/aromatic N) is 3. The lowest BCUT2D eigenvalue weighted by molar-refractivity contribution is 0.141. The third kappa shape index (κ3) is 2.54. The summed E-state index contributed by atoms with van der Waals surface area (Å²) in [6, 6.07) is 6.76. The van der Waals surface area contributed by atoms with Gasteiger partial charge in [-0.25, -0.2) is 32.3 Å². The molecule has 9 heteroatoms. The van der Waals surface area contributed by atoms with Crippen LogP contribution < -0.4 is 10.0 Å². The first kappa shape index (κ1) is 14.1. The molecule has 1 aliphatic rings. The van der Waals surface area contributed by atoms with Gasteiger partial charge in [0.25, 0.3) is 6.43 Å². The average Bonchev–Trinajstić information content (AvgIpc) is 2.34. The van der Waals surface area contributed by atoms with Crippen LogP contribution in [0.4, 0.5) is 14.6 Å². The van der Waals surface area contributed by atoms with Crippen molar-refractivity contribution in [2.75, 3.05) is 18.0 Å². The maximum atomic E-state index is 12.9. The summed E-state index contributed by atoms with van der Waals surface area (Å²) in [6.45, 7) is 0.283. The molecule has 0 spiro atoms. The molecule has 2 aromatic rings. The number of para-hydroxylation sites is 1. The largest absolute Gasteiger partial charge is 0.353 e. The number of nitrogens with two attached hydrogens (primary N) is 1. The van der Waals surface area contributed by atoms with Crippen LogP contribution in [0.1, 0.15) is 12.2 Å². The Morgan fingerprint density at radius 3 is 2.52 bits per heavy atom. The fourth-order valence-electron chi connectivity index (χ4n) is 2.23. The van der Waals surface area contributed by atoms with Crippen molar-refractivity contribution < 1.29 is 17.2 Å². The van der Waals surface area contributed by atoms with Gasteiger partial charge in [0.15, 0.2) is 5.82 Å². The average molecular weight is 314 g/mol. The smallest absolute Gasteiger partial charge is 0.297 e. The molecule has 6 nitrogen and oxygen atoms in total. The van der Waals surface area contributed by atoms with E-state index in [4.69, 9.17) is 5.14 Å². The van der Waals surface area contributed by atoms with E-state index in [1.54, 1.807) is 29.2 Å². The van der Waals surface area contributed by atoms with Crippen molar-refractivity contribution in [3.05, 3.63) is 30.1 Å². The van der Waals surface area contributed by atoms with E-state index in [2.05, 4.69) is 9.97 Å². The van der Waals surface area contributed by atoms with Gasteiger partial charge < -0.3 is 4.90 Å². The van der Waals surface area contributed by atoms with Gasteiger partial charge in [-0.2, -0.15) is 0 Å². The zero-order valence-corrected chi connectivity index (χ0v) is 11.6. The number of hydrogen-bond acceptors (Lipinski definition) is 5. The summed E-state index contributed by atoms with van der Waals surface area (Å²) in [5.74, 6) is -0.251. The number of alkyl halides is 2. The van der Waals surface area contributed by atoms with Crippen molar-refractivity contribution >= 4 is 26.7 Å². The van der Waals surface area contributed by atoms with Crippen LogP contribution in [0.2, 0.25) is 0 Å². The molecular formula is C12H12F2N4O2S. The number of halogens is 2. The van der Waals surface area contributed by atoms with E-state index in [9.17, 15) is 17.2 Å². The lowest BCUT2D eigenvalue weighted by Crippen LogP contribution is -2.57. The normalized spacial score (nSPS) is 16.5. The topological polar surface area (TPSA) is 89.2 Å². The molecule has 0 saturated carbocycles. The van der Waals surface area contributed by atoms with E-state index in [1.165, 1.54) is 0 Å². The molecule has 1 saturated heterocycles. The summed E-state index contributed by atoms with van der Waals surface area (Å²) in [4.78, 5) is 9.30. The van der Waals surface area contributed by atoms with Crippen LogP contribution in [0.25, 0.3) is 10.9 Å². The van der Waals surface area contributed by atoms with Crippen molar-refractivity contribution in [1.82, 2.24) is 9.97 Å². The molecule has 1 aromatic heterocycles. The molecule has 0 unspecified atom stereocenters. The number of primary sulfonamides is 1. The molecule has 3 rings (SSSR count). The van der Waals surface area contributed by atoms with Gasteiger partial charge in [-0.05, 0) is 12.1 Å². The number of rotatable bonds is 3. The number of hydrogen-bond donors (Lipinski definition) is 1. The maximum Gasteiger partial charge on any atom is 0.297 e. The van der Waals surface area contributed by atoms with E-state index in [-0.39, 0.29) is 13.1 Å². The first-order chi connectivity index (χ1) is 9.86. The predicted octanol–water partition coefficient (Wildman–Crippen LogP) is 1.04. The minimum atomic E-state index is -3.62. The Kier molecular flexibility index (Phi) is 3.25. The van der Waals surface area contributed by atoms with E-state index < -0.39 is 27.5 Å². The van der Waals surface area contributed by atoms with Crippen LogP contribution in [0.3, 0.4) is 0 Å². The first-order valence-electron chi connectivity index (χ1n) is 6.17. The minimum absolute atomic E-state index is 0.141. The van der Waals surface area contributed by atoms with Crippen LogP contribution in [-0.4, -0.2) is 36.7 Å². The molecule has 112 valence electrons. The van der Waals surface area contributed by atoms with Crippen LogP contribution >= 0.6 is 0 Å². The Balaban J connectivity index is 2.02. The highest BCUT2D eigenvalue weighted by molar-refractivity contribution is 7.89. The number of benzene rings is 1. The number of anilines is 1. The van der Waals surface area contributed by atoms with Crippen molar-refractivity contribution in [3.8, 4) is 0 Å². The Morgan fingerprint density at radius 2 is 1.90 bits per heavy atom. The molecule has 21 heavy (non-hydrogen) atoms. The number of sulfonamides is 1. The van der Waals surface area contributed by atoms with Gasteiger partial charge in [0, 0.05) is 18.5 Å². The Morgan fingerprint density at radius 1 is 1.24 bits per heavy atom. The highest BCUT2D eigenvalue weighted by Gasteiger charge is 2.37. The fourth-order valence-corrected chi connectivity index (χ4v) is 3.01. The molecule has 0 aliphatic carbocycles. The zero-order valence-electron chi connectivity index (χ0n) is 10.8. The van der Waals surface area contributed by atoms with Crippen molar-refractivity contribution in [2.24, 2.45) is 5.14 Å². The second-order valence-electron chi connectivity index (χ2n) is 4.84. The fraction of sp³-hybridized carbons (Fsp3) is 0.333. The van der Waals surface area contributed by atoms with E-state index in [1.807, 2.05) is 0 Å². The van der Waals surface area contributed by atoms with Crippen LogP contribution in [-0.2, 0) is 10.0 Å². The van der Waals surface area contributed by atoms with Gasteiger partial charge in [0.1, 0.15) is 11.1 Å². The second-order valence-corrected chi connectivity index (χ2v) is 6.68. The summed E-state index contributed by atoms with van der Waals surface area (Å²) in [6.07, 6.45) is -2.79. The Labute approximate surface area is 119 Å². The molecule has 1 fully saturated rings. The van der Waals surface area contributed by atoms with E-state index >= 15 is 0 Å². The van der Waals surface area contributed by atoms with Gasteiger partial charge in [-0.3, -0.25) is 0 Å². The van der Waals surface area contributed by atoms with Gasteiger partial charge >= 0.3 is 0 Å². The quantitative estimate of drug-likeness (QED) is 0.914. The van der Waals surface area contributed by atoms with Gasteiger partial charge in [0.05, 0.1) is 5.52 Å². The number of aromatic nitrogens is 2. The first-order valence-corrected chi connectivity index (χ1v) is 7.78. The van der Waals surface area contributed by atoms with Crippen molar-refractivity contribution in [1.29, 1.82) is 0 Å². The molecule has 1 aliphatic heterocycles. The third-order valence-corrected chi connectivity index (χ3v) is 4.64. The van der Waals surface area contributed by atoms with Crippen LogP contribution in [0.15, 0.2) is 24.3 Å². The lowest BCUT2D eigenvalue weighted by atomic mass is 10.1. The summed E-state index contributed by atoms with van der Waals surface area (Å²) in [5.41, 5.74) is 0.400. The minimum Gasteiger partial charge on any atom is -0.353 e. The second kappa shape index (κ2) is 4.85. The van der Waals surface area contributed by atoms with Gasteiger partial charge in [-0.15, -0.1) is 0 Å². The molecule has 0 atom stereocenters. The Bertz CT molecular complexity index is 791. The van der Waals surface area contributed by atoms with Crippen molar-refractivity contribution in [2.45, 2.75) is 11.7 Å². The summed E-state index contributed by atoms with van der Waals surface area (Å²) in [5, 5.41) is 4.98. The molecule has 1 aromatic carbocycles. The zero-order chi connectivity index (χ0) is 15.2. The molecule has 2 N–H and O–H groups in total.